The van der Waals surface area contributed by atoms with Crippen LogP contribution in [0.1, 0.15) is 0 Å². The Morgan fingerprint density at radius 3 is 2.29 bits per heavy atom. The molecule has 39 valence electrons. The van der Waals surface area contributed by atoms with Crippen LogP contribution in [0.15, 0.2) is 18.2 Å². The maximum absolute atomic E-state index is 9.28. The van der Waals surface area contributed by atoms with Gasteiger partial charge in [-0.2, -0.15) is 6.08 Å². The molecule has 0 bridgehead atoms. The summed E-state index contributed by atoms with van der Waals surface area (Å²) >= 11 is 0. The third-order valence-corrected chi connectivity index (χ3v) is 0.275. The molecule has 0 aliphatic carbocycles. The summed E-state index contributed by atoms with van der Waals surface area (Å²) in [6.45, 7) is 4.82. The van der Waals surface area contributed by atoms with E-state index in [1.807, 2.05) is 0 Å². The van der Waals surface area contributed by atoms with E-state index in [4.69, 9.17) is 6.58 Å². The molecule has 0 atom stereocenters. The van der Waals surface area contributed by atoms with Gasteiger partial charge in [0.1, 0.15) is 0 Å². The first-order valence-corrected chi connectivity index (χ1v) is 1.49. The molecule has 0 aromatic rings. The zero-order chi connectivity index (χ0) is 4.83. The zero-order valence-corrected chi connectivity index (χ0v) is 5.19. The second-order valence-corrected chi connectivity index (χ2v) is 0.669. The van der Waals surface area contributed by atoms with Crippen LogP contribution in [0.3, 0.4) is 0 Å². The Morgan fingerprint density at radius 1 is 1.57 bits per heavy atom. The van der Waals surface area contributed by atoms with Crippen LogP contribution in [-0.2, 0) is 24.3 Å². The van der Waals surface area contributed by atoms with Crippen molar-refractivity contribution in [3.05, 3.63) is 24.8 Å². The van der Waals surface area contributed by atoms with Gasteiger partial charge in [-0.3, -0.25) is 6.58 Å². The minimum Gasteiger partial charge on any atom is -0.419 e. The Kier molecular flexibility index (Phi) is 13.1. The van der Waals surface area contributed by atoms with Gasteiger partial charge in [0, 0.05) is 0 Å². The van der Waals surface area contributed by atoms with Gasteiger partial charge in [-0.25, -0.2) is 12.2 Å². The average molecular weight is 183 g/mol. The summed E-state index contributed by atoms with van der Waals surface area (Å²) in [5.41, 5.74) is 0. The van der Waals surface area contributed by atoms with Gasteiger partial charge in [0.2, 0.25) is 0 Å². The molecule has 0 saturated carbocycles. The topological polar surface area (TPSA) is 17.1 Å². The molecule has 0 heterocycles. The fraction of sp³-hybridized carbons (Fsp3) is 0. The van der Waals surface area contributed by atoms with Crippen LogP contribution in [0, 0.1) is 6.58 Å². The van der Waals surface area contributed by atoms with Crippen LogP contribution in [0.25, 0.3) is 0 Å². The minimum absolute atomic E-state index is 0. The van der Waals surface area contributed by atoms with Crippen LogP contribution in [0.5, 0.6) is 0 Å². The number of hydrogen-bond acceptors (Lipinski definition) is 1. The molecule has 0 aliphatic heterocycles. The summed E-state index contributed by atoms with van der Waals surface area (Å²) < 4.78 is 0. The van der Waals surface area contributed by atoms with E-state index in [0.29, 0.717) is 0 Å². The Balaban J connectivity index is 0. The van der Waals surface area contributed by atoms with E-state index < -0.39 is 0 Å². The third-order valence-electron chi connectivity index (χ3n) is 0.275. The Bertz CT molecular complexity index is 66.1. The summed E-state index contributed by atoms with van der Waals surface area (Å²) in [5, 5.41) is 0. The van der Waals surface area contributed by atoms with Crippen molar-refractivity contribution in [1.82, 2.24) is 0 Å². The predicted molar refractivity (Wildman–Crippen MR) is 23.7 cm³/mol. The van der Waals surface area contributed by atoms with Crippen molar-refractivity contribution >= 4 is 6.29 Å². The van der Waals surface area contributed by atoms with Crippen LogP contribution in [0.2, 0.25) is 0 Å². The predicted octanol–water partition coefficient (Wildman–Crippen LogP) is 0.639. The summed E-state index contributed by atoms with van der Waals surface area (Å²) in [6, 6.07) is 0. The van der Waals surface area contributed by atoms with Crippen molar-refractivity contribution in [1.29, 1.82) is 0 Å². The first-order chi connectivity index (χ1) is 2.91. The number of hydrogen-bond donors (Lipinski definition) is 0. The molecule has 2 heteroatoms. The van der Waals surface area contributed by atoms with Gasteiger partial charge in [-0.1, -0.05) is 0 Å². The van der Waals surface area contributed by atoms with Crippen molar-refractivity contribution in [2.75, 3.05) is 0 Å². The molecule has 7 heavy (non-hydrogen) atoms. The molecule has 0 rings (SSSR count). The maximum atomic E-state index is 9.28. The normalized spacial score (nSPS) is 7.43. The van der Waals surface area contributed by atoms with Crippen molar-refractivity contribution in [2.24, 2.45) is 0 Å². The minimum atomic E-state index is 0. The molecule has 1 radical (unpaired) electrons. The Hall–Kier alpha value is -0.227. The van der Waals surface area contributed by atoms with E-state index in [2.05, 4.69) is 0 Å². The number of carbonyl (C=O) groups excluding carboxylic acids is 1. The van der Waals surface area contributed by atoms with Gasteiger partial charge in [0.15, 0.2) is 0 Å². The zero-order valence-electron chi connectivity index (χ0n) is 3.55. The van der Waals surface area contributed by atoms with Crippen molar-refractivity contribution in [3.8, 4) is 0 Å². The molecule has 0 aliphatic rings. The molecule has 0 amide bonds. The van der Waals surface area contributed by atoms with Gasteiger partial charge in [-0.15, -0.1) is 0 Å². The molecule has 0 N–H and O–H groups in total. The molecular formula is C5H4ORh. The first-order valence-electron chi connectivity index (χ1n) is 1.49. The molecule has 0 unspecified atom stereocenters. The van der Waals surface area contributed by atoms with E-state index in [1.165, 1.54) is 24.5 Å². The largest absolute Gasteiger partial charge is 2.00 e. The number of allylic oxidation sites excluding steroid dienone is 3. The standard InChI is InChI=1S/C5H4O.Rh/c1-2-3-4-5-6;/h1-4H;/q-2;+2/b4-3-;. The van der Waals surface area contributed by atoms with Crippen LogP contribution >= 0.6 is 0 Å². The van der Waals surface area contributed by atoms with Crippen LogP contribution in [-0.4, -0.2) is 6.29 Å². The summed E-state index contributed by atoms with van der Waals surface area (Å²) in [4.78, 5) is 9.28. The quantitative estimate of drug-likeness (QED) is 0.265. The van der Waals surface area contributed by atoms with E-state index in [0.717, 1.165) is 0 Å². The smallest absolute Gasteiger partial charge is 0.419 e. The van der Waals surface area contributed by atoms with E-state index >= 15 is 0 Å². The molecule has 0 aromatic heterocycles. The van der Waals surface area contributed by atoms with E-state index in [9.17, 15) is 4.79 Å². The Morgan fingerprint density at radius 2 is 2.14 bits per heavy atom. The van der Waals surface area contributed by atoms with Gasteiger partial charge < -0.3 is 4.79 Å². The second-order valence-electron chi connectivity index (χ2n) is 0.669. The van der Waals surface area contributed by atoms with Crippen molar-refractivity contribution in [3.63, 3.8) is 0 Å². The second kappa shape index (κ2) is 9.24. The molecule has 1 nitrogen and oxygen atoms in total. The molecule has 0 fully saturated rings. The monoisotopic (exact) mass is 183 g/mol. The molecule has 0 saturated heterocycles. The van der Waals surface area contributed by atoms with Gasteiger partial charge in [-0.05, 0) is 6.29 Å². The molecule has 0 spiro atoms. The van der Waals surface area contributed by atoms with Crippen molar-refractivity contribution < 1.29 is 24.3 Å². The Labute approximate surface area is 55.9 Å². The molecule has 0 aromatic carbocycles. The van der Waals surface area contributed by atoms with Crippen molar-refractivity contribution in [2.45, 2.75) is 0 Å². The fourth-order valence-corrected chi connectivity index (χ4v) is 0.0948. The fourth-order valence-electron chi connectivity index (χ4n) is 0.0948. The van der Waals surface area contributed by atoms with Crippen LogP contribution < -0.4 is 0 Å². The summed E-state index contributed by atoms with van der Waals surface area (Å²) in [6.07, 6.45) is 5.40. The summed E-state index contributed by atoms with van der Waals surface area (Å²) in [7, 11) is 0. The third kappa shape index (κ3) is 10.7. The first kappa shape index (κ1) is 9.91. The maximum Gasteiger partial charge on any atom is 2.00 e. The SMILES string of the molecule is [CH-]=C/C=C\[C-]=O.[Rh+2]. The van der Waals surface area contributed by atoms with Gasteiger partial charge >= 0.3 is 19.5 Å². The average Bonchev–Trinajstić information content (AvgIpc) is 1.61. The van der Waals surface area contributed by atoms with Gasteiger partial charge in [0.05, 0.1) is 0 Å². The summed E-state index contributed by atoms with van der Waals surface area (Å²) in [5.74, 6) is 0. The number of rotatable bonds is 2. The van der Waals surface area contributed by atoms with Gasteiger partial charge in [0.25, 0.3) is 0 Å². The van der Waals surface area contributed by atoms with E-state index in [-0.39, 0.29) is 19.5 Å². The van der Waals surface area contributed by atoms with E-state index in [1.54, 1.807) is 0 Å². The van der Waals surface area contributed by atoms with Crippen LogP contribution in [0.4, 0.5) is 0 Å². The molecular weight excluding hydrogens is 179 g/mol.